The van der Waals surface area contributed by atoms with Crippen molar-refractivity contribution in [1.29, 1.82) is 0 Å². The molecule has 0 heterocycles. The Bertz CT molecular complexity index is 574. The maximum Gasteiger partial charge on any atom is 0.328 e. The molecule has 0 aliphatic heterocycles. The SMILES string of the molecule is CCCCCCCCCCCCCCOC(=O)[C@H](C)NC(=O)c1ccc(F)cc1. The molecule has 0 fully saturated rings. The van der Waals surface area contributed by atoms with E-state index >= 15 is 0 Å². The predicted octanol–water partition coefficient (Wildman–Crippen LogP) is 6.19. The third-order valence-electron chi connectivity index (χ3n) is 5.05. The summed E-state index contributed by atoms with van der Waals surface area (Å²) in [6.07, 6.45) is 15.1. The van der Waals surface area contributed by atoms with Gasteiger partial charge >= 0.3 is 5.97 Å². The number of hydrogen-bond acceptors (Lipinski definition) is 3. The Morgan fingerprint density at radius 1 is 0.862 bits per heavy atom. The van der Waals surface area contributed by atoms with Crippen molar-refractivity contribution in [2.75, 3.05) is 6.61 Å². The molecule has 0 aromatic heterocycles. The topological polar surface area (TPSA) is 55.4 Å². The fourth-order valence-electron chi connectivity index (χ4n) is 3.18. The van der Waals surface area contributed by atoms with Crippen molar-refractivity contribution in [2.45, 2.75) is 96.9 Å². The first-order valence-electron chi connectivity index (χ1n) is 11.3. The van der Waals surface area contributed by atoms with E-state index in [0.29, 0.717) is 12.2 Å². The lowest BCUT2D eigenvalue weighted by molar-refractivity contribution is -0.145. The number of ether oxygens (including phenoxy) is 1. The molecule has 1 amide bonds. The lowest BCUT2D eigenvalue weighted by Gasteiger charge is -2.13. The predicted molar refractivity (Wildman–Crippen MR) is 115 cm³/mol. The largest absolute Gasteiger partial charge is 0.464 e. The van der Waals surface area contributed by atoms with E-state index < -0.39 is 23.7 Å². The molecule has 1 atom stereocenters. The summed E-state index contributed by atoms with van der Waals surface area (Å²) < 4.78 is 18.1. The van der Waals surface area contributed by atoms with Crippen LogP contribution in [0.2, 0.25) is 0 Å². The van der Waals surface area contributed by atoms with Gasteiger partial charge in [0.2, 0.25) is 0 Å². The lowest BCUT2D eigenvalue weighted by Crippen LogP contribution is -2.39. The van der Waals surface area contributed by atoms with Gasteiger partial charge in [-0.25, -0.2) is 9.18 Å². The molecule has 0 bridgehead atoms. The number of carbonyl (C=O) groups is 2. The second kappa shape index (κ2) is 15.9. The summed E-state index contributed by atoms with van der Waals surface area (Å²) in [5.74, 6) is -1.26. The van der Waals surface area contributed by atoms with Crippen LogP contribution in [0.4, 0.5) is 4.39 Å². The van der Waals surface area contributed by atoms with Gasteiger partial charge in [0.25, 0.3) is 5.91 Å². The molecule has 0 saturated heterocycles. The molecule has 1 aromatic carbocycles. The van der Waals surface area contributed by atoms with Crippen LogP contribution < -0.4 is 5.32 Å². The van der Waals surface area contributed by atoms with Crippen molar-refractivity contribution in [3.63, 3.8) is 0 Å². The number of esters is 1. The first kappa shape index (κ1) is 25.1. The van der Waals surface area contributed by atoms with E-state index in [1.807, 2.05) is 0 Å². The maximum atomic E-state index is 12.9. The van der Waals surface area contributed by atoms with Crippen LogP contribution in [-0.4, -0.2) is 24.5 Å². The Hall–Kier alpha value is -1.91. The average Bonchev–Trinajstić information content (AvgIpc) is 2.71. The molecule has 1 N–H and O–H groups in total. The standard InChI is InChI=1S/C24H38FNO3/c1-3-4-5-6-7-8-9-10-11-12-13-14-19-29-24(28)20(2)26-23(27)21-15-17-22(25)18-16-21/h15-18,20H,3-14,19H2,1-2H3,(H,26,27)/t20-/m0/s1. The number of amides is 1. The van der Waals surface area contributed by atoms with E-state index in [9.17, 15) is 14.0 Å². The fraction of sp³-hybridized carbons (Fsp3) is 0.667. The Balaban J connectivity index is 1.99. The summed E-state index contributed by atoms with van der Waals surface area (Å²) in [4.78, 5) is 24.0. The van der Waals surface area contributed by atoms with Crippen molar-refractivity contribution in [3.05, 3.63) is 35.6 Å². The van der Waals surface area contributed by atoms with Crippen LogP contribution in [0.3, 0.4) is 0 Å². The van der Waals surface area contributed by atoms with Crippen LogP contribution in [0.15, 0.2) is 24.3 Å². The van der Waals surface area contributed by atoms with E-state index in [1.54, 1.807) is 6.92 Å². The fourth-order valence-corrected chi connectivity index (χ4v) is 3.18. The van der Waals surface area contributed by atoms with E-state index in [0.717, 1.165) is 12.8 Å². The molecule has 0 saturated carbocycles. The first-order chi connectivity index (χ1) is 14.0. The summed E-state index contributed by atoms with van der Waals surface area (Å²) in [5, 5.41) is 2.58. The van der Waals surface area contributed by atoms with Gasteiger partial charge in [-0.2, -0.15) is 0 Å². The van der Waals surface area contributed by atoms with Gasteiger partial charge in [0.05, 0.1) is 6.61 Å². The van der Waals surface area contributed by atoms with Crippen LogP contribution in [0, 0.1) is 5.82 Å². The number of hydrogen-bond donors (Lipinski definition) is 1. The Morgan fingerprint density at radius 3 is 1.86 bits per heavy atom. The van der Waals surface area contributed by atoms with Crippen molar-refractivity contribution in [3.8, 4) is 0 Å². The molecule has 4 nitrogen and oxygen atoms in total. The summed E-state index contributed by atoms with van der Waals surface area (Å²) >= 11 is 0. The minimum absolute atomic E-state index is 0.312. The van der Waals surface area contributed by atoms with E-state index in [-0.39, 0.29) is 0 Å². The Kier molecular flexibility index (Phi) is 13.8. The van der Waals surface area contributed by atoms with Crippen LogP contribution >= 0.6 is 0 Å². The van der Waals surface area contributed by atoms with Gasteiger partial charge < -0.3 is 10.1 Å². The second-order valence-corrected chi connectivity index (χ2v) is 7.76. The molecule has 164 valence electrons. The van der Waals surface area contributed by atoms with E-state index in [4.69, 9.17) is 4.74 Å². The Morgan fingerprint density at radius 2 is 1.34 bits per heavy atom. The van der Waals surface area contributed by atoms with Gasteiger partial charge in [-0.15, -0.1) is 0 Å². The van der Waals surface area contributed by atoms with E-state index in [1.165, 1.54) is 88.5 Å². The zero-order valence-corrected chi connectivity index (χ0v) is 18.2. The minimum Gasteiger partial charge on any atom is -0.464 e. The van der Waals surface area contributed by atoms with Gasteiger partial charge in [0, 0.05) is 5.56 Å². The van der Waals surface area contributed by atoms with Gasteiger partial charge in [-0.1, -0.05) is 77.6 Å². The maximum absolute atomic E-state index is 12.9. The molecule has 0 unspecified atom stereocenters. The number of carbonyl (C=O) groups excluding carboxylic acids is 2. The Labute approximate surface area is 175 Å². The van der Waals surface area contributed by atoms with Gasteiger partial charge in [-0.3, -0.25) is 4.79 Å². The second-order valence-electron chi connectivity index (χ2n) is 7.76. The number of rotatable bonds is 16. The van der Waals surface area contributed by atoms with Crippen LogP contribution in [0.5, 0.6) is 0 Å². The highest BCUT2D eigenvalue weighted by Crippen LogP contribution is 2.12. The molecule has 1 aromatic rings. The number of halogens is 1. The van der Waals surface area contributed by atoms with E-state index in [2.05, 4.69) is 12.2 Å². The molecule has 1 rings (SSSR count). The van der Waals surface area contributed by atoms with Gasteiger partial charge in [-0.05, 0) is 37.6 Å². The average molecular weight is 408 g/mol. The third kappa shape index (κ3) is 12.3. The van der Waals surface area contributed by atoms with Crippen molar-refractivity contribution < 1.29 is 18.7 Å². The molecule has 0 radical (unpaired) electrons. The first-order valence-corrected chi connectivity index (χ1v) is 11.3. The highest BCUT2D eigenvalue weighted by Gasteiger charge is 2.17. The smallest absolute Gasteiger partial charge is 0.328 e. The summed E-state index contributed by atoms with van der Waals surface area (Å²) in [5.41, 5.74) is 0.312. The van der Waals surface area contributed by atoms with Gasteiger partial charge in [0.15, 0.2) is 0 Å². The van der Waals surface area contributed by atoms with Crippen molar-refractivity contribution in [2.24, 2.45) is 0 Å². The van der Waals surface area contributed by atoms with Gasteiger partial charge in [0.1, 0.15) is 11.9 Å². The van der Waals surface area contributed by atoms with Crippen molar-refractivity contribution >= 4 is 11.9 Å². The quantitative estimate of drug-likeness (QED) is 0.263. The lowest BCUT2D eigenvalue weighted by atomic mass is 10.1. The molecular weight excluding hydrogens is 369 g/mol. The monoisotopic (exact) mass is 407 g/mol. The number of nitrogens with one attached hydrogen (secondary N) is 1. The van der Waals surface area contributed by atoms with Crippen molar-refractivity contribution in [1.82, 2.24) is 5.32 Å². The molecule has 0 spiro atoms. The minimum atomic E-state index is -0.732. The normalized spacial score (nSPS) is 11.8. The summed E-state index contributed by atoms with van der Waals surface area (Å²) in [6.45, 7) is 4.22. The summed E-state index contributed by atoms with van der Waals surface area (Å²) in [7, 11) is 0. The molecule has 29 heavy (non-hydrogen) atoms. The van der Waals surface area contributed by atoms with Crippen LogP contribution in [-0.2, 0) is 9.53 Å². The molecule has 5 heteroatoms. The third-order valence-corrected chi connectivity index (χ3v) is 5.05. The van der Waals surface area contributed by atoms with Crippen LogP contribution in [0.25, 0.3) is 0 Å². The molecular formula is C24H38FNO3. The van der Waals surface area contributed by atoms with Crippen LogP contribution in [0.1, 0.15) is 101 Å². The number of unbranched alkanes of at least 4 members (excludes halogenated alkanes) is 11. The summed E-state index contributed by atoms with van der Waals surface area (Å²) in [6, 6.07) is 4.46. The highest BCUT2D eigenvalue weighted by molar-refractivity contribution is 5.96. The number of benzene rings is 1. The molecule has 0 aliphatic rings. The zero-order valence-electron chi connectivity index (χ0n) is 18.2. The zero-order chi connectivity index (χ0) is 21.3. The highest BCUT2D eigenvalue weighted by atomic mass is 19.1. The molecule has 0 aliphatic carbocycles.